The lowest BCUT2D eigenvalue weighted by Crippen LogP contribution is -2.29. The smallest absolute Gasteiger partial charge is 0.320 e. The molecule has 0 spiro atoms. The van der Waals surface area contributed by atoms with E-state index in [2.05, 4.69) is 5.32 Å². The summed E-state index contributed by atoms with van der Waals surface area (Å²) in [5, 5.41) is 11.2. The van der Waals surface area contributed by atoms with E-state index in [-0.39, 0.29) is 23.6 Å². The SMILES string of the molecule is O=C(CCl)CCl.O=C(O)C1CCCN1. The largest absolute Gasteiger partial charge is 0.480 e. The van der Waals surface area contributed by atoms with Gasteiger partial charge in [0.1, 0.15) is 6.04 Å². The van der Waals surface area contributed by atoms with Crippen molar-refractivity contribution in [2.24, 2.45) is 0 Å². The van der Waals surface area contributed by atoms with Gasteiger partial charge in [-0.25, -0.2) is 0 Å². The highest BCUT2D eigenvalue weighted by Crippen LogP contribution is 2.03. The van der Waals surface area contributed by atoms with Crippen LogP contribution in [0.1, 0.15) is 12.8 Å². The van der Waals surface area contributed by atoms with E-state index in [1.807, 2.05) is 0 Å². The molecule has 1 saturated heterocycles. The molecule has 6 heteroatoms. The van der Waals surface area contributed by atoms with Gasteiger partial charge in [-0.2, -0.15) is 0 Å². The van der Waals surface area contributed by atoms with Crippen LogP contribution < -0.4 is 5.32 Å². The first kappa shape index (κ1) is 13.7. The Kier molecular flexibility index (Phi) is 7.84. The molecule has 0 radical (unpaired) electrons. The Morgan fingerprint density at radius 2 is 1.93 bits per heavy atom. The first-order valence-electron chi connectivity index (χ1n) is 4.21. The number of hydrogen-bond acceptors (Lipinski definition) is 3. The minimum absolute atomic E-state index is 0.0312. The second-order valence-electron chi connectivity index (χ2n) is 2.79. The lowest BCUT2D eigenvalue weighted by molar-refractivity contribution is -0.139. The highest BCUT2D eigenvalue weighted by atomic mass is 35.5. The number of carboxylic acid groups (broad SMARTS) is 1. The standard InChI is InChI=1S/C5H9NO2.C3H4Cl2O/c7-5(8)4-2-1-3-6-4;4-1-3(6)2-5/h4,6H,1-3H2,(H,7,8);1-2H2. The third-order valence-electron chi connectivity index (χ3n) is 1.66. The van der Waals surface area contributed by atoms with Crippen LogP contribution in [0.5, 0.6) is 0 Å². The van der Waals surface area contributed by atoms with E-state index < -0.39 is 5.97 Å². The van der Waals surface area contributed by atoms with Crippen molar-refractivity contribution in [3.05, 3.63) is 0 Å². The molecule has 1 heterocycles. The molecule has 0 aromatic carbocycles. The van der Waals surface area contributed by atoms with Gasteiger partial charge in [0.05, 0.1) is 11.8 Å². The molecule has 1 atom stereocenters. The second kappa shape index (κ2) is 8.03. The Hall–Kier alpha value is -0.320. The molecule has 1 fully saturated rings. The fourth-order valence-corrected chi connectivity index (χ4v) is 1.22. The normalized spacial score (nSPS) is 19.7. The zero-order valence-electron chi connectivity index (χ0n) is 7.63. The third kappa shape index (κ3) is 6.18. The molecular weight excluding hydrogens is 229 g/mol. The maximum Gasteiger partial charge on any atom is 0.320 e. The van der Waals surface area contributed by atoms with Gasteiger partial charge in [0.25, 0.3) is 0 Å². The summed E-state index contributed by atoms with van der Waals surface area (Å²) in [5.41, 5.74) is 0. The number of Topliss-reactive ketones (excluding diaryl/α,β-unsaturated/α-hetero) is 1. The first-order chi connectivity index (χ1) is 6.61. The first-order valence-corrected chi connectivity index (χ1v) is 5.28. The van der Waals surface area contributed by atoms with Crippen molar-refractivity contribution in [2.75, 3.05) is 18.3 Å². The summed E-state index contributed by atoms with van der Waals surface area (Å²) >= 11 is 10.0. The van der Waals surface area contributed by atoms with Gasteiger partial charge < -0.3 is 10.4 Å². The Bertz CT molecular complexity index is 187. The molecule has 1 unspecified atom stereocenters. The summed E-state index contributed by atoms with van der Waals surface area (Å²) in [6, 6.07) is -0.269. The summed E-state index contributed by atoms with van der Waals surface area (Å²) < 4.78 is 0. The van der Waals surface area contributed by atoms with Gasteiger partial charge in [0.15, 0.2) is 5.78 Å². The zero-order valence-corrected chi connectivity index (χ0v) is 9.14. The molecule has 2 N–H and O–H groups in total. The molecular formula is C8H13Cl2NO3. The maximum atomic E-state index is 10.1. The number of halogens is 2. The number of aliphatic carboxylic acids is 1. The quantitative estimate of drug-likeness (QED) is 0.720. The van der Waals surface area contributed by atoms with Crippen molar-refractivity contribution in [2.45, 2.75) is 18.9 Å². The molecule has 0 aliphatic carbocycles. The van der Waals surface area contributed by atoms with E-state index in [9.17, 15) is 9.59 Å². The van der Waals surface area contributed by atoms with E-state index in [4.69, 9.17) is 28.3 Å². The lowest BCUT2D eigenvalue weighted by atomic mass is 10.2. The summed E-state index contributed by atoms with van der Waals surface area (Å²) in [4.78, 5) is 20.1. The van der Waals surface area contributed by atoms with Gasteiger partial charge in [-0.15, -0.1) is 23.2 Å². The molecule has 0 aromatic heterocycles. The highest BCUT2D eigenvalue weighted by molar-refractivity contribution is 6.35. The van der Waals surface area contributed by atoms with Crippen molar-refractivity contribution in [3.8, 4) is 0 Å². The number of alkyl halides is 2. The summed E-state index contributed by atoms with van der Waals surface area (Å²) in [5.74, 6) is -0.784. The molecule has 4 nitrogen and oxygen atoms in total. The summed E-state index contributed by atoms with van der Waals surface area (Å²) in [6.07, 6.45) is 1.78. The number of nitrogens with one attached hydrogen (secondary N) is 1. The van der Waals surface area contributed by atoms with Crippen LogP contribution in [0.2, 0.25) is 0 Å². The number of carboxylic acids is 1. The van der Waals surface area contributed by atoms with Gasteiger partial charge in [-0.05, 0) is 19.4 Å². The molecule has 0 amide bonds. The Morgan fingerprint density at radius 1 is 1.36 bits per heavy atom. The minimum Gasteiger partial charge on any atom is -0.480 e. The van der Waals surface area contributed by atoms with E-state index in [1.54, 1.807) is 0 Å². The average molecular weight is 242 g/mol. The van der Waals surface area contributed by atoms with Crippen LogP contribution in [-0.2, 0) is 9.59 Å². The van der Waals surface area contributed by atoms with E-state index >= 15 is 0 Å². The molecule has 1 aliphatic heterocycles. The van der Waals surface area contributed by atoms with Crippen LogP contribution in [0.25, 0.3) is 0 Å². The highest BCUT2D eigenvalue weighted by Gasteiger charge is 2.20. The van der Waals surface area contributed by atoms with Crippen molar-refractivity contribution < 1.29 is 14.7 Å². The molecule has 1 rings (SSSR count). The van der Waals surface area contributed by atoms with Crippen molar-refractivity contribution in [1.29, 1.82) is 0 Å². The lowest BCUT2D eigenvalue weighted by Gasteiger charge is -1.99. The maximum absolute atomic E-state index is 10.1. The molecule has 14 heavy (non-hydrogen) atoms. The topological polar surface area (TPSA) is 66.4 Å². The summed E-state index contributed by atoms with van der Waals surface area (Å²) in [6.45, 7) is 0.858. The number of carbonyl (C=O) groups excluding carboxylic acids is 1. The van der Waals surface area contributed by atoms with Gasteiger partial charge in [-0.3, -0.25) is 9.59 Å². The minimum atomic E-state index is -0.720. The van der Waals surface area contributed by atoms with Crippen molar-refractivity contribution >= 4 is 35.0 Å². The van der Waals surface area contributed by atoms with Crippen LogP contribution in [0.15, 0.2) is 0 Å². The number of carbonyl (C=O) groups is 2. The average Bonchev–Trinajstić information content (AvgIpc) is 2.70. The van der Waals surface area contributed by atoms with Crippen LogP contribution in [0.4, 0.5) is 0 Å². The van der Waals surface area contributed by atoms with Gasteiger partial charge >= 0.3 is 5.97 Å². The molecule has 1 aliphatic rings. The van der Waals surface area contributed by atoms with E-state index in [1.165, 1.54) is 0 Å². The number of rotatable bonds is 3. The molecule has 0 bridgehead atoms. The van der Waals surface area contributed by atoms with Crippen LogP contribution in [-0.4, -0.2) is 41.2 Å². The molecule has 82 valence electrons. The number of hydrogen-bond donors (Lipinski definition) is 2. The van der Waals surface area contributed by atoms with E-state index in [0.717, 1.165) is 19.4 Å². The van der Waals surface area contributed by atoms with Crippen molar-refractivity contribution in [3.63, 3.8) is 0 Å². The van der Waals surface area contributed by atoms with E-state index in [0.29, 0.717) is 0 Å². The summed E-state index contributed by atoms with van der Waals surface area (Å²) in [7, 11) is 0. The molecule has 0 saturated carbocycles. The number of ketones is 1. The Balaban J connectivity index is 0.000000255. The van der Waals surface area contributed by atoms with Crippen LogP contribution in [0, 0.1) is 0 Å². The third-order valence-corrected chi connectivity index (χ3v) is 2.25. The Morgan fingerprint density at radius 3 is 2.07 bits per heavy atom. The zero-order chi connectivity index (χ0) is 11.0. The van der Waals surface area contributed by atoms with Crippen LogP contribution >= 0.6 is 23.2 Å². The fourth-order valence-electron chi connectivity index (χ4n) is 0.931. The fraction of sp³-hybridized carbons (Fsp3) is 0.750. The van der Waals surface area contributed by atoms with Gasteiger partial charge in [-0.1, -0.05) is 0 Å². The second-order valence-corrected chi connectivity index (χ2v) is 3.33. The molecule has 0 aromatic rings. The van der Waals surface area contributed by atoms with Crippen LogP contribution in [0.3, 0.4) is 0 Å². The van der Waals surface area contributed by atoms with Crippen molar-refractivity contribution in [1.82, 2.24) is 5.32 Å². The monoisotopic (exact) mass is 241 g/mol. The predicted molar refractivity (Wildman–Crippen MR) is 55.1 cm³/mol. The van der Waals surface area contributed by atoms with Gasteiger partial charge in [0, 0.05) is 0 Å². The predicted octanol–water partition coefficient (Wildman–Crippen LogP) is 0.856. The van der Waals surface area contributed by atoms with Gasteiger partial charge in [0.2, 0.25) is 0 Å². The Labute approximate surface area is 92.6 Å².